The maximum absolute atomic E-state index is 12.3. The Balaban J connectivity index is 3.02. The lowest BCUT2D eigenvalue weighted by atomic mass is 10.2. The van der Waals surface area contributed by atoms with Crippen LogP contribution in [-0.2, 0) is 16.6 Å². The van der Waals surface area contributed by atoms with Crippen LogP contribution >= 0.6 is 0 Å². The molecule has 6 nitrogen and oxygen atoms in total. The lowest BCUT2D eigenvalue weighted by Gasteiger charge is -2.25. The van der Waals surface area contributed by atoms with Crippen molar-refractivity contribution in [2.45, 2.75) is 19.9 Å². The molecular formula is C13H18N2O4. The minimum Gasteiger partial charge on any atom is -0.468 e. The fraction of sp³-hybridized carbons (Fsp3) is 0.462. The summed E-state index contributed by atoms with van der Waals surface area (Å²) in [5.74, 6) is -0.857. The smallest absolute Gasteiger partial charge is 0.325 e. The number of carbonyl (C=O) groups excluding carboxylic acids is 2. The van der Waals surface area contributed by atoms with Crippen LogP contribution in [0.2, 0.25) is 0 Å². The van der Waals surface area contributed by atoms with E-state index in [1.54, 1.807) is 27.0 Å². The third-order valence-corrected chi connectivity index (χ3v) is 2.76. The van der Waals surface area contributed by atoms with Crippen molar-refractivity contribution in [1.29, 1.82) is 0 Å². The molecule has 1 heterocycles. The van der Waals surface area contributed by atoms with Gasteiger partial charge in [0.2, 0.25) is 0 Å². The van der Waals surface area contributed by atoms with Crippen LogP contribution in [0, 0.1) is 0 Å². The third kappa shape index (κ3) is 3.67. The van der Waals surface area contributed by atoms with E-state index in [1.165, 1.54) is 28.8 Å². The molecule has 0 N–H and O–H groups in total. The third-order valence-electron chi connectivity index (χ3n) is 2.76. The molecule has 0 aliphatic carbocycles. The summed E-state index contributed by atoms with van der Waals surface area (Å²) < 4.78 is 5.93. The number of ether oxygens (including phenoxy) is 1. The number of carbonyl (C=O) groups is 2. The van der Waals surface area contributed by atoms with Gasteiger partial charge in [-0.2, -0.15) is 0 Å². The molecule has 1 rings (SSSR count). The van der Waals surface area contributed by atoms with E-state index in [-0.39, 0.29) is 29.6 Å². The van der Waals surface area contributed by atoms with Crippen LogP contribution in [0.4, 0.5) is 0 Å². The van der Waals surface area contributed by atoms with Crippen molar-refractivity contribution in [2.75, 3.05) is 13.7 Å². The van der Waals surface area contributed by atoms with Gasteiger partial charge in [-0.1, -0.05) is 0 Å². The van der Waals surface area contributed by atoms with Crippen LogP contribution in [0.3, 0.4) is 0 Å². The summed E-state index contributed by atoms with van der Waals surface area (Å²) in [6, 6.07) is 2.64. The molecule has 0 saturated heterocycles. The van der Waals surface area contributed by atoms with E-state index in [0.717, 1.165) is 0 Å². The number of pyridine rings is 1. The second-order valence-electron chi connectivity index (χ2n) is 4.47. The number of aromatic nitrogens is 1. The number of hydrogen-bond donors (Lipinski definition) is 0. The van der Waals surface area contributed by atoms with Gasteiger partial charge in [0.1, 0.15) is 6.54 Å². The standard InChI is InChI=1S/C13H18N2O4/c1-9(2)15(8-12(17)19-4)13(18)10-5-6-14(3)11(16)7-10/h5-7,9H,8H2,1-4H3. The molecule has 0 aliphatic heterocycles. The molecular weight excluding hydrogens is 248 g/mol. The number of hydrogen-bond acceptors (Lipinski definition) is 4. The average molecular weight is 266 g/mol. The molecule has 1 aromatic heterocycles. The molecule has 0 bridgehead atoms. The Morgan fingerprint density at radius 3 is 2.53 bits per heavy atom. The number of methoxy groups -OCH3 is 1. The highest BCUT2D eigenvalue weighted by Crippen LogP contribution is 2.07. The maximum Gasteiger partial charge on any atom is 0.325 e. The molecule has 0 spiro atoms. The van der Waals surface area contributed by atoms with E-state index in [4.69, 9.17) is 0 Å². The van der Waals surface area contributed by atoms with E-state index >= 15 is 0 Å². The summed E-state index contributed by atoms with van der Waals surface area (Å²) in [4.78, 5) is 36.5. The van der Waals surface area contributed by atoms with Gasteiger partial charge in [0.15, 0.2) is 0 Å². The van der Waals surface area contributed by atoms with Gasteiger partial charge in [0, 0.05) is 30.9 Å². The fourth-order valence-corrected chi connectivity index (χ4v) is 1.54. The van der Waals surface area contributed by atoms with Crippen LogP contribution in [0.25, 0.3) is 0 Å². The van der Waals surface area contributed by atoms with Crippen molar-refractivity contribution < 1.29 is 14.3 Å². The number of nitrogens with zero attached hydrogens (tertiary/aromatic N) is 2. The van der Waals surface area contributed by atoms with Crippen molar-refractivity contribution in [3.05, 3.63) is 34.2 Å². The van der Waals surface area contributed by atoms with E-state index in [9.17, 15) is 14.4 Å². The molecule has 0 radical (unpaired) electrons. The Morgan fingerprint density at radius 1 is 1.42 bits per heavy atom. The lowest BCUT2D eigenvalue weighted by Crippen LogP contribution is -2.41. The van der Waals surface area contributed by atoms with Crippen LogP contribution < -0.4 is 5.56 Å². The van der Waals surface area contributed by atoms with Crippen molar-refractivity contribution in [3.8, 4) is 0 Å². The number of esters is 1. The molecule has 0 aromatic carbocycles. The van der Waals surface area contributed by atoms with Gasteiger partial charge < -0.3 is 14.2 Å². The van der Waals surface area contributed by atoms with E-state index in [0.29, 0.717) is 0 Å². The van der Waals surface area contributed by atoms with Crippen molar-refractivity contribution >= 4 is 11.9 Å². The Hall–Kier alpha value is -2.11. The summed E-state index contributed by atoms with van der Waals surface area (Å²) in [5, 5.41) is 0. The molecule has 0 unspecified atom stereocenters. The highest BCUT2D eigenvalue weighted by Gasteiger charge is 2.22. The molecule has 0 aliphatic rings. The summed E-state index contributed by atoms with van der Waals surface area (Å²) in [6.45, 7) is 3.45. The van der Waals surface area contributed by atoms with Crippen molar-refractivity contribution in [2.24, 2.45) is 7.05 Å². The normalized spacial score (nSPS) is 10.4. The van der Waals surface area contributed by atoms with E-state index in [1.807, 2.05) is 0 Å². The van der Waals surface area contributed by atoms with Crippen LogP contribution in [-0.4, -0.2) is 41.0 Å². The first-order chi connectivity index (χ1) is 8.86. The van der Waals surface area contributed by atoms with Gasteiger partial charge >= 0.3 is 5.97 Å². The Kier molecular flexibility index (Phi) is 4.86. The molecule has 1 amide bonds. The van der Waals surface area contributed by atoms with Gasteiger partial charge in [0.05, 0.1) is 7.11 Å². The van der Waals surface area contributed by atoms with Crippen LogP contribution in [0.15, 0.2) is 23.1 Å². The minimum atomic E-state index is -0.495. The zero-order chi connectivity index (χ0) is 14.6. The predicted octanol–water partition coefficient (Wildman–Crippen LogP) is 0.409. The summed E-state index contributed by atoms with van der Waals surface area (Å²) in [6.07, 6.45) is 1.52. The molecule has 0 atom stereocenters. The summed E-state index contributed by atoms with van der Waals surface area (Å²) >= 11 is 0. The second kappa shape index (κ2) is 6.17. The molecule has 0 fully saturated rings. The minimum absolute atomic E-state index is 0.137. The van der Waals surface area contributed by atoms with Gasteiger partial charge in [0.25, 0.3) is 11.5 Å². The SMILES string of the molecule is COC(=O)CN(C(=O)c1ccn(C)c(=O)c1)C(C)C. The van der Waals surface area contributed by atoms with Crippen molar-refractivity contribution in [3.63, 3.8) is 0 Å². The first kappa shape index (κ1) is 14.9. The Bertz CT molecular complexity index is 534. The number of rotatable bonds is 4. The van der Waals surface area contributed by atoms with Gasteiger partial charge in [-0.3, -0.25) is 14.4 Å². The molecule has 104 valence electrons. The predicted molar refractivity (Wildman–Crippen MR) is 69.9 cm³/mol. The summed E-state index contributed by atoms with van der Waals surface area (Å²) in [5.41, 5.74) is -0.00618. The van der Waals surface area contributed by atoms with E-state index in [2.05, 4.69) is 4.74 Å². The second-order valence-corrected chi connectivity index (χ2v) is 4.47. The topological polar surface area (TPSA) is 68.6 Å². The highest BCUT2D eigenvalue weighted by atomic mass is 16.5. The van der Waals surface area contributed by atoms with E-state index < -0.39 is 5.97 Å². The molecule has 6 heteroatoms. The average Bonchev–Trinajstić information content (AvgIpc) is 2.37. The van der Waals surface area contributed by atoms with Crippen molar-refractivity contribution in [1.82, 2.24) is 9.47 Å². The first-order valence-electron chi connectivity index (χ1n) is 5.91. The van der Waals surface area contributed by atoms with Gasteiger partial charge in [-0.15, -0.1) is 0 Å². The molecule has 0 saturated carbocycles. The zero-order valence-corrected chi connectivity index (χ0v) is 11.5. The number of aryl methyl sites for hydroxylation is 1. The zero-order valence-electron chi connectivity index (χ0n) is 11.5. The van der Waals surface area contributed by atoms with Gasteiger partial charge in [-0.05, 0) is 19.9 Å². The first-order valence-corrected chi connectivity index (χ1v) is 5.91. The fourth-order valence-electron chi connectivity index (χ4n) is 1.54. The molecule has 19 heavy (non-hydrogen) atoms. The van der Waals surface area contributed by atoms with Gasteiger partial charge in [-0.25, -0.2) is 0 Å². The maximum atomic E-state index is 12.3. The van der Waals surface area contributed by atoms with Crippen LogP contribution in [0.1, 0.15) is 24.2 Å². The highest BCUT2D eigenvalue weighted by molar-refractivity contribution is 5.96. The Morgan fingerprint density at radius 2 is 2.05 bits per heavy atom. The Labute approximate surface area is 111 Å². The summed E-state index contributed by atoms with van der Waals surface area (Å²) in [7, 11) is 2.87. The largest absolute Gasteiger partial charge is 0.468 e. The quantitative estimate of drug-likeness (QED) is 0.740. The monoisotopic (exact) mass is 266 g/mol. The molecule has 1 aromatic rings. The lowest BCUT2D eigenvalue weighted by molar-refractivity contribution is -0.141. The number of amides is 1. The van der Waals surface area contributed by atoms with Crippen LogP contribution in [0.5, 0.6) is 0 Å².